The number of nitrogens with zero attached hydrogens (tertiary/aromatic N) is 1. The van der Waals surface area contributed by atoms with Crippen molar-refractivity contribution in [2.75, 3.05) is 27.8 Å². The molecule has 0 aliphatic rings. The van der Waals surface area contributed by atoms with Crippen molar-refractivity contribution in [2.45, 2.75) is 25.3 Å². The van der Waals surface area contributed by atoms with Gasteiger partial charge in [-0.3, -0.25) is 9.59 Å². The highest BCUT2D eigenvalue weighted by atomic mass is 16.5. The number of amides is 2. The van der Waals surface area contributed by atoms with E-state index in [2.05, 4.69) is 21.9 Å². The monoisotopic (exact) mass is 360 g/mol. The predicted octanol–water partition coefficient (Wildman–Crippen LogP) is 0.560. The fourth-order valence-corrected chi connectivity index (χ4v) is 2.02. The Morgan fingerprint density at radius 2 is 2.04 bits per heavy atom. The second-order valence-corrected chi connectivity index (χ2v) is 5.76. The minimum atomic E-state index is -1.11. The molecule has 2 N–H and O–H groups in total. The van der Waals surface area contributed by atoms with Crippen LogP contribution in [0.1, 0.15) is 35.2 Å². The maximum atomic E-state index is 12.2. The summed E-state index contributed by atoms with van der Waals surface area (Å²) < 4.78 is 4.51. The minimum Gasteiger partial charge on any atom is -0.467 e. The molecule has 26 heavy (non-hydrogen) atoms. The Bertz CT molecular complexity index is 703. The molecule has 0 aliphatic carbocycles. The molecule has 0 saturated carbocycles. The average Bonchev–Trinajstić information content (AvgIpc) is 2.64. The Hall–Kier alpha value is -2.85. The van der Waals surface area contributed by atoms with Crippen molar-refractivity contribution in [1.82, 2.24) is 10.2 Å². The van der Waals surface area contributed by atoms with Crippen LogP contribution in [0.25, 0.3) is 0 Å². The van der Waals surface area contributed by atoms with Crippen molar-refractivity contribution in [3.05, 3.63) is 35.4 Å². The number of aliphatic hydroxyl groups excluding tert-OH is 1. The van der Waals surface area contributed by atoms with Gasteiger partial charge in [0.2, 0.25) is 5.91 Å². The lowest BCUT2D eigenvalue weighted by atomic mass is 10.1. The molecule has 140 valence electrons. The average molecular weight is 360 g/mol. The van der Waals surface area contributed by atoms with E-state index < -0.39 is 24.5 Å². The Morgan fingerprint density at radius 1 is 1.31 bits per heavy atom. The molecule has 1 rings (SSSR count). The van der Waals surface area contributed by atoms with Crippen molar-refractivity contribution < 1.29 is 24.2 Å². The van der Waals surface area contributed by atoms with Gasteiger partial charge in [0, 0.05) is 38.1 Å². The van der Waals surface area contributed by atoms with E-state index in [1.807, 2.05) is 0 Å². The predicted molar refractivity (Wildman–Crippen MR) is 96.2 cm³/mol. The summed E-state index contributed by atoms with van der Waals surface area (Å²) in [7, 11) is 4.61. The van der Waals surface area contributed by atoms with Crippen LogP contribution in [-0.2, 0) is 14.3 Å². The van der Waals surface area contributed by atoms with Crippen molar-refractivity contribution in [3.63, 3.8) is 0 Å². The summed E-state index contributed by atoms with van der Waals surface area (Å²) in [6, 6.07) is 5.51. The highest BCUT2D eigenvalue weighted by Gasteiger charge is 2.21. The summed E-state index contributed by atoms with van der Waals surface area (Å²) in [5, 5.41) is 11.6. The number of benzene rings is 1. The van der Waals surface area contributed by atoms with Gasteiger partial charge in [0.15, 0.2) is 6.04 Å². The number of esters is 1. The number of ether oxygens (including phenoxy) is 1. The lowest BCUT2D eigenvalue weighted by Crippen LogP contribution is -2.44. The topological polar surface area (TPSA) is 95.9 Å². The number of methoxy groups -OCH3 is 1. The maximum absolute atomic E-state index is 12.2. The number of hydrogen-bond donors (Lipinski definition) is 2. The van der Waals surface area contributed by atoms with Crippen LogP contribution in [-0.4, -0.2) is 61.6 Å². The first-order valence-electron chi connectivity index (χ1n) is 8.17. The summed E-state index contributed by atoms with van der Waals surface area (Å²) in [5.41, 5.74) is 0.970. The number of unbranched alkanes of at least 4 members (excludes halogenated alkanes) is 1. The zero-order chi connectivity index (χ0) is 19.5. The van der Waals surface area contributed by atoms with Crippen molar-refractivity contribution >= 4 is 17.8 Å². The standard InChI is InChI=1S/C19H24N2O5/c1-21(2)17(23)11-6-4-5-8-14-9-7-10-15(12-14)18(24)20-16(13-22)19(25)26-3/h7,9-10,12,16,22H,4,6,11,13H2,1-3H3,(H,20,24). The molecule has 7 heteroatoms. The zero-order valence-corrected chi connectivity index (χ0v) is 15.2. The van der Waals surface area contributed by atoms with E-state index in [-0.39, 0.29) is 5.91 Å². The summed E-state index contributed by atoms with van der Waals surface area (Å²) in [6.45, 7) is -0.552. The highest BCUT2D eigenvalue weighted by molar-refractivity contribution is 5.97. The number of hydrogen-bond acceptors (Lipinski definition) is 5. The van der Waals surface area contributed by atoms with Crippen molar-refractivity contribution in [1.29, 1.82) is 0 Å². The largest absolute Gasteiger partial charge is 0.467 e. The van der Waals surface area contributed by atoms with E-state index in [1.165, 1.54) is 7.11 Å². The molecule has 0 bridgehead atoms. The molecule has 0 spiro atoms. The SMILES string of the molecule is COC(=O)C(CO)NC(=O)c1cccc(C#CCCCC(=O)N(C)C)c1. The van der Waals surface area contributed by atoms with Gasteiger partial charge >= 0.3 is 5.97 Å². The number of carbonyl (C=O) groups is 3. The van der Waals surface area contributed by atoms with Gasteiger partial charge in [-0.25, -0.2) is 4.79 Å². The van der Waals surface area contributed by atoms with Crippen LogP contribution in [0.15, 0.2) is 24.3 Å². The van der Waals surface area contributed by atoms with Crippen molar-refractivity contribution in [3.8, 4) is 11.8 Å². The van der Waals surface area contributed by atoms with Gasteiger partial charge in [-0.15, -0.1) is 0 Å². The first-order chi connectivity index (χ1) is 12.4. The second-order valence-electron chi connectivity index (χ2n) is 5.76. The third-order valence-corrected chi connectivity index (χ3v) is 3.52. The molecule has 0 fully saturated rings. The quantitative estimate of drug-likeness (QED) is 0.421. The maximum Gasteiger partial charge on any atom is 0.330 e. The molecular formula is C19H24N2O5. The van der Waals surface area contributed by atoms with Gasteiger partial charge in [-0.2, -0.15) is 0 Å². The van der Waals surface area contributed by atoms with Gasteiger partial charge < -0.3 is 20.1 Å². The normalized spacial score (nSPS) is 10.9. The van der Waals surface area contributed by atoms with E-state index >= 15 is 0 Å². The third kappa shape index (κ3) is 6.95. The highest BCUT2D eigenvalue weighted by Crippen LogP contribution is 2.05. The number of nitrogens with one attached hydrogen (secondary N) is 1. The van der Waals surface area contributed by atoms with Crippen LogP contribution < -0.4 is 5.32 Å². The minimum absolute atomic E-state index is 0.0644. The van der Waals surface area contributed by atoms with Crippen molar-refractivity contribution in [2.24, 2.45) is 0 Å². The van der Waals surface area contributed by atoms with Gasteiger partial charge in [-0.1, -0.05) is 17.9 Å². The number of aliphatic hydroxyl groups is 1. The lowest BCUT2D eigenvalue weighted by molar-refractivity contribution is -0.143. The zero-order valence-electron chi connectivity index (χ0n) is 15.2. The van der Waals surface area contributed by atoms with Gasteiger partial charge in [0.25, 0.3) is 5.91 Å². The summed E-state index contributed by atoms with van der Waals surface area (Å²) in [4.78, 5) is 36.6. The Labute approximate surface area is 153 Å². The fraction of sp³-hybridized carbons (Fsp3) is 0.421. The van der Waals surface area contributed by atoms with Crippen LogP contribution in [0.3, 0.4) is 0 Å². The number of rotatable bonds is 7. The van der Waals surface area contributed by atoms with Gasteiger partial charge in [0.1, 0.15) is 0 Å². The Morgan fingerprint density at radius 3 is 2.65 bits per heavy atom. The molecule has 0 aliphatic heterocycles. The molecule has 1 aromatic rings. The van der Waals surface area contributed by atoms with E-state index in [9.17, 15) is 14.4 Å². The van der Waals surface area contributed by atoms with Crippen LogP contribution in [0.4, 0.5) is 0 Å². The number of carbonyl (C=O) groups excluding carboxylic acids is 3. The first-order valence-corrected chi connectivity index (χ1v) is 8.17. The van der Waals surface area contributed by atoms with Gasteiger partial charge in [0.05, 0.1) is 13.7 Å². The van der Waals surface area contributed by atoms with Crippen LogP contribution in [0, 0.1) is 11.8 Å². The molecule has 0 aromatic heterocycles. The van der Waals surface area contributed by atoms with E-state index in [4.69, 9.17) is 5.11 Å². The van der Waals surface area contributed by atoms with E-state index in [0.717, 1.165) is 0 Å². The molecule has 1 aromatic carbocycles. The molecule has 7 nitrogen and oxygen atoms in total. The summed E-state index contributed by atoms with van der Waals surface area (Å²) in [5.74, 6) is 4.76. The fourth-order valence-electron chi connectivity index (χ4n) is 2.02. The second kappa shape index (κ2) is 10.9. The van der Waals surface area contributed by atoms with E-state index in [0.29, 0.717) is 30.4 Å². The van der Waals surface area contributed by atoms with Crippen LogP contribution >= 0.6 is 0 Å². The van der Waals surface area contributed by atoms with Crippen LogP contribution in [0.5, 0.6) is 0 Å². The molecule has 1 atom stereocenters. The molecule has 0 heterocycles. The molecule has 0 saturated heterocycles. The molecule has 2 amide bonds. The van der Waals surface area contributed by atoms with Gasteiger partial charge in [-0.05, 0) is 24.6 Å². The Balaban J connectivity index is 2.65. The Kier molecular flexibility index (Phi) is 8.88. The molecule has 0 radical (unpaired) electrons. The summed E-state index contributed by atoms with van der Waals surface area (Å²) >= 11 is 0. The molecular weight excluding hydrogens is 336 g/mol. The third-order valence-electron chi connectivity index (χ3n) is 3.52. The summed E-state index contributed by atoms with van der Waals surface area (Å²) in [6.07, 6.45) is 1.69. The van der Waals surface area contributed by atoms with E-state index in [1.54, 1.807) is 43.3 Å². The first kappa shape index (κ1) is 21.2. The van der Waals surface area contributed by atoms with Crippen LogP contribution in [0.2, 0.25) is 0 Å². The smallest absolute Gasteiger partial charge is 0.330 e. The lowest BCUT2D eigenvalue weighted by Gasteiger charge is -2.13. The molecule has 1 unspecified atom stereocenters.